The van der Waals surface area contributed by atoms with Gasteiger partial charge in [-0.15, -0.1) is 0 Å². The molecule has 1 aliphatic heterocycles. The number of benzene rings is 2. The minimum absolute atomic E-state index is 0.0659. The van der Waals surface area contributed by atoms with Crippen molar-refractivity contribution in [2.24, 2.45) is 0 Å². The van der Waals surface area contributed by atoms with Gasteiger partial charge in [-0.25, -0.2) is 0 Å². The second kappa shape index (κ2) is 8.55. The summed E-state index contributed by atoms with van der Waals surface area (Å²) in [6.07, 6.45) is 2.10. The van der Waals surface area contributed by atoms with E-state index < -0.39 is 23.7 Å². The predicted octanol–water partition coefficient (Wildman–Crippen LogP) is 4.10. The summed E-state index contributed by atoms with van der Waals surface area (Å²) in [6, 6.07) is 15.8. The Kier molecular flexibility index (Phi) is 5.64. The number of furan rings is 1. The van der Waals surface area contributed by atoms with E-state index in [1.165, 1.54) is 11.2 Å². The summed E-state index contributed by atoms with van der Waals surface area (Å²) in [5.74, 6) is -2.55. The molecule has 1 aliphatic rings. The molecule has 7 heteroatoms. The highest BCUT2D eigenvalue weighted by Crippen LogP contribution is 2.42. The number of aryl methyl sites for hydroxylation is 1. The first kappa shape index (κ1) is 21.1. The van der Waals surface area contributed by atoms with Crippen molar-refractivity contribution in [3.63, 3.8) is 0 Å². The van der Waals surface area contributed by atoms with Crippen molar-refractivity contribution in [2.45, 2.75) is 25.8 Å². The molecule has 1 saturated heterocycles. The number of nitrogens with zero attached hydrogens (tertiary/aromatic N) is 1. The van der Waals surface area contributed by atoms with Gasteiger partial charge < -0.3 is 14.6 Å². The molecule has 0 radical (unpaired) electrons. The van der Waals surface area contributed by atoms with Crippen LogP contribution in [0.25, 0.3) is 5.76 Å². The maximum atomic E-state index is 13.0. The fourth-order valence-electron chi connectivity index (χ4n) is 3.82. The number of rotatable bonds is 6. The van der Waals surface area contributed by atoms with Crippen LogP contribution in [-0.2, 0) is 27.2 Å². The molecule has 4 rings (SSSR count). The van der Waals surface area contributed by atoms with Gasteiger partial charge in [0.1, 0.15) is 17.6 Å². The Morgan fingerprint density at radius 3 is 2.19 bits per heavy atom. The first-order chi connectivity index (χ1) is 15.4. The van der Waals surface area contributed by atoms with Gasteiger partial charge >= 0.3 is 5.97 Å². The van der Waals surface area contributed by atoms with E-state index in [0.29, 0.717) is 22.6 Å². The summed E-state index contributed by atoms with van der Waals surface area (Å²) >= 11 is 0. The Morgan fingerprint density at radius 2 is 1.62 bits per heavy atom. The van der Waals surface area contributed by atoms with Crippen LogP contribution in [-0.4, -0.2) is 27.9 Å². The Labute approximate surface area is 184 Å². The number of amides is 1. The van der Waals surface area contributed by atoms with Crippen molar-refractivity contribution in [3.8, 4) is 0 Å². The maximum Gasteiger partial charge on any atom is 0.307 e. The normalized spacial score (nSPS) is 17.7. The zero-order valence-electron chi connectivity index (χ0n) is 17.3. The fraction of sp³-hybridized carbons (Fsp3) is 0.160. The van der Waals surface area contributed by atoms with E-state index in [0.717, 1.165) is 12.0 Å². The van der Waals surface area contributed by atoms with Crippen LogP contribution >= 0.6 is 0 Å². The van der Waals surface area contributed by atoms with Gasteiger partial charge in [0.25, 0.3) is 11.7 Å². The van der Waals surface area contributed by atoms with Crippen LogP contribution in [0.1, 0.15) is 35.4 Å². The van der Waals surface area contributed by atoms with Crippen molar-refractivity contribution in [1.29, 1.82) is 0 Å². The van der Waals surface area contributed by atoms with E-state index in [2.05, 4.69) is 0 Å². The van der Waals surface area contributed by atoms with E-state index in [9.17, 15) is 19.5 Å². The summed E-state index contributed by atoms with van der Waals surface area (Å²) in [4.78, 5) is 38.2. The van der Waals surface area contributed by atoms with Crippen molar-refractivity contribution in [3.05, 3.63) is 95.0 Å². The van der Waals surface area contributed by atoms with Gasteiger partial charge in [-0.2, -0.15) is 0 Å². The average molecular weight is 431 g/mol. The SMILES string of the molecule is CCc1ccc(/C(O)=C2/C(=O)C(=O)N(c3ccc(CC(=O)O)cc3)C2c2ccco2)cc1. The van der Waals surface area contributed by atoms with Gasteiger partial charge in [-0.05, 0) is 41.8 Å². The smallest absolute Gasteiger partial charge is 0.307 e. The van der Waals surface area contributed by atoms with E-state index in [-0.39, 0.29) is 17.8 Å². The van der Waals surface area contributed by atoms with Gasteiger partial charge in [0.05, 0.1) is 18.3 Å². The van der Waals surface area contributed by atoms with E-state index in [1.807, 2.05) is 19.1 Å². The van der Waals surface area contributed by atoms with E-state index >= 15 is 0 Å². The number of Topliss-reactive ketones (excluding diaryl/α,β-unsaturated/α-hetero) is 1. The molecule has 0 aliphatic carbocycles. The van der Waals surface area contributed by atoms with E-state index in [1.54, 1.807) is 48.5 Å². The van der Waals surface area contributed by atoms with Gasteiger partial charge in [-0.3, -0.25) is 19.3 Å². The topological polar surface area (TPSA) is 108 Å². The van der Waals surface area contributed by atoms with Crippen molar-refractivity contribution >= 4 is 29.1 Å². The Hall–Kier alpha value is -4.13. The first-order valence-electron chi connectivity index (χ1n) is 10.1. The molecule has 3 aromatic rings. The monoisotopic (exact) mass is 431 g/mol. The van der Waals surface area contributed by atoms with Gasteiger partial charge in [0.2, 0.25) is 0 Å². The fourth-order valence-corrected chi connectivity index (χ4v) is 3.82. The number of aliphatic carboxylic acids is 1. The molecule has 0 bridgehead atoms. The molecule has 1 fully saturated rings. The third-order valence-corrected chi connectivity index (χ3v) is 5.46. The molecular weight excluding hydrogens is 410 g/mol. The number of hydrogen-bond acceptors (Lipinski definition) is 5. The Morgan fingerprint density at radius 1 is 0.969 bits per heavy atom. The van der Waals surface area contributed by atoms with Crippen LogP contribution in [0.4, 0.5) is 5.69 Å². The summed E-state index contributed by atoms with van der Waals surface area (Å²) in [5, 5.41) is 20.0. The number of ketones is 1. The molecule has 0 saturated carbocycles. The van der Waals surface area contributed by atoms with Crippen molar-refractivity contribution in [2.75, 3.05) is 4.90 Å². The molecule has 2 heterocycles. The lowest BCUT2D eigenvalue weighted by Gasteiger charge is -2.23. The number of carbonyl (C=O) groups excluding carboxylic acids is 2. The second-order valence-corrected chi connectivity index (χ2v) is 7.47. The molecule has 162 valence electrons. The maximum absolute atomic E-state index is 13.0. The quantitative estimate of drug-likeness (QED) is 0.346. The van der Waals surface area contributed by atoms with Crippen LogP contribution < -0.4 is 4.90 Å². The minimum Gasteiger partial charge on any atom is -0.507 e. The third-order valence-electron chi connectivity index (χ3n) is 5.46. The third kappa shape index (κ3) is 3.80. The summed E-state index contributed by atoms with van der Waals surface area (Å²) in [5.41, 5.74) is 2.38. The van der Waals surface area contributed by atoms with E-state index in [4.69, 9.17) is 9.52 Å². The number of aliphatic hydroxyl groups excluding tert-OH is 1. The largest absolute Gasteiger partial charge is 0.507 e. The molecule has 2 N–H and O–H groups in total. The highest BCUT2D eigenvalue weighted by Gasteiger charge is 2.48. The zero-order chi connectivity index (χ0) is 22.8. The minimum atomic E-state index is -0.970. The highest BCUT2D eigenvalue weighted by molar-refractivity contribution is 6.51. The number of carboxylic acids is 1. The lowest BCUT2D eigenvalue weighted by Crippen LogP contribution is -2.29. The van der Waals surface area contributed by atoms with Crippen molar-refractivity contribution < 1.29 is 29.0 Å². The summed E-state index contributed by atoms with van der Waals surface area (Å²) in [6.45, 7) is 2.01. The lowest BCUT2D eigenvalue weighted by atomic mass is 9.98. The molecule has 2 aromatic carbocycles. The Bertz CT molecular complexity index is 1190. The Balaban J connectivity index is 1.82. The van der Waals surface area contributed by atoms with Crippen molar-refractivity contribution in [1.82, 2.24) is 0 Å². The molecule has 32 heavy (non-hydrogen) atoms. The number of carboxylic acid groups (broad SMARTS) is 1. The van der Waals surface area contributed by atoms with Gasteiger partial charge in [-0.1, -0.05) is 43.3 Å². The number of aliphatic hydroxyl groups is 1. The molecule has 7 nitrogen and oxygen atoms in total. The molecular formula is C25H21NO6. The number of anilines is 1. The number of carbonyl (C=O) groups is 3. The molecule has 1 unspecified atom stereocenters. The zero-order valence-corrected chi connectivity index (χ0v) is 17.3. The lowest BCUT2D eigenvalue weighted by molar-refractivity contribution is -0.136. The van der Waals surface area contributed by atoms with Gasteiger partial charge in [0.15, 0.2) is 0 Å². The van der Waals surface area contributed by atoms with Crippen LogP contribution in [0.3, 0.4) is 0 Å². The van der Waals surface area contributed by atoms with Crippen LogP contribution in [0.5, 0.6) is 0 Å². The molecule has 1 amide bonds. The molecule has 1 aromatic heterocycles. The highest BCUT2D eigenvalue weighted by atomic mass is 16.4. The first-order valence-corrected chi connectivity index (χ1v) is 10.1. The predicted molar refractivity (Wildman–Crippen MR) is 117 cm³/mol. The summed E-state index contributed by atoms with van der Waals surface area (Å²) in [7, 11) is 0. The number of hydrogen-bond donors (Lipinski definition) is 2. The van der Waals surface area contributed by atoms with Crippen LogP contribution in [0, 0.1) is 0 Å². The molecule has 1 atom stereocenters. The second-order valence-electron chi connectivity index (χ2n) is 7.47. The average Bonchev–Trinajstić information content (AvgIpc) is 3.41. The molecule has 0 spiro atoms. The summed E-state index contributed by atoms with van der Waals surface area (Å²) < 4.78 is 5.53. The van der Waals surface area contributed by atoms with Gasteiger partial charge in [0, 0.05) is 11.3 Å². The van der Waals surface area contributed by atoms with Crippen LogP contribution in [0.15, 0.2) is 76.9 Å². The standard InChI is InChI=1S/C25H21NO6/c1-2-15-5-9-17(10-6-15)23(29)21-22(19-4-3-13-32-19)26(25(31)24(21)30)18-11-7-16(8-12-18)14-20(27)28/h3-13,22,29H,2,14H2,1H3,(H,27,28)/b23-21-. The van der Waals surface area contributed by atoms with Crippen LogP contribution in [0.2, 0.25) is 0 Å².